The summed E-state index contributed by atoms with van der Waals surface area (Å²) in [6, 6.07) is 20.4. The Balaban J connectivity index is 1.65. The molecule has 32 heavy (non-hydrogen) atoms. The molecule has 0 spiro atoms. The van der Waals surface area contributed by atoms with E-state index in [9.17, 15) is 9.59 Å². The van der Waals surface area contributed by atoms with Crippen LogP contribution in [-0.2, 0) is 17.9 Å². The van der Waals surface area contributed by atoms with Crippen LogP contribution in [0.4, 0.5) is 0 Å². The highest BCUT2D eigenvalue weighted by Crippen LogP contribution is 2.10. The van der Waals surface area contributed by atoms with Gasteiger partial charge in [0.05, 0.1) is 6.26 Å². The SMILES string of the molecule is CCN(CC)Cc1ccc(CNC(=O)/C(=C/c2ccco2)NC(=O)c2ccccc2)cc1. The predicted molar refractivity (Wildman–Crippen MR) is 126 cm³/mol. The number of hydrogen-bond donors (Lipinski definition) is 2. The molecule has 3 rings (SSSR count). The first-order valence-corrected chi connectivity index (χ1v) is 10.8. The molecule has 2 N–H and O–H groups in total. The molecule has 0 fully saturated rings. The molecule has 6 nitrogen and oxygen atoms in total. The standard InChI is InChI=1S/C26H29N3O3/c1-3-29(4-2)19-21-14-12-20(13-15-21)18-27-26(31)24(17-23-11-8-16-32-23)28-25(30)22-9-6-5-7-10-22/h5-17H,3-4,18-19H2,1-2H3,(H,27,31)(H,28,30)/b24-17-. The van der Waals surface area contributed by atoms with Crippen LogP contribution in [0.2, 0.25) is 0 Å². The molecule has 0 atom stereocenters. The largest absolute Gasteiger partial charge is 0.465 e. The van der Waals surface area contributed by atoms with Gasteiger partial charge in [-0.25, -0.2) is 0 Å². The Morgan fingerprint density at radius 2 is 1.59 bits per heavy atom. The number of benzene rings is 2. The highest BCUT2D eigenvalue weighted by molar-refractivity contribution is 6.05. The number of rotatable bonds is 10. The molecular weight excluding hydrogens is 402 g/mol. The van der Waals surface area contributed by atoms with Crippen molar-refractivity contribution in [3.8, 4) is 0 Å². The third-order valence-electron chi connectivity index (χ3n) is 5.14. The normalized spacial score (nSPS) is 11.4. The average molecular weight is 432 g/mol. The summed E-state index contributed by atoms with van der Waals surface area (Å²) in [5.74, 6) is -0.276. The lowest BCUT2D eigenvalue weighted by Gasteiger charge is -2.18. The quantitative estimate of drug-likeness (QED) is 0.472. The van der Waals surface area contributed by atoms with Gasteiger partial charge in [0.15, 0.2) is 0 Å². The number of nitrogens with one attached hydrogen (secondary N) is 2. The minimum Gasteiger partial charge on any atom is -0.465 e. The minimum atomic E-state index is -0.391. The lowest BCUT2D eigenvalue weighted by molar-refractivity contribution is -0.117. The van der Waals surface area contributed by atoms with Gasteiger partial charge in [0, 0.05) is 24.7 Å². The number of carbonyl (C=O) groups is 2. The molecule has 3 aromatic rings. The van der Waals surface area contributed by atoms with Gasteiger partial charge in [-0.2, -0.15) is 0 Å². The van der Waals surface area contributed by atoms with Crippen LogP contribution in [0.15, 0.2) is 83.1 Å². The summed E-state index contributed by atoms with van der Waals surface area (Å²) in [6.45, 7) is 7.57. The van der Waals surface area contributed by atoms with Gasteiger partial charge in [-0.3, -0.25) is 14.5 Å². The maximum Gasteiger partial charge on any atom is 0.268 e. The second-order valence-corrected chi connectivity index (χ2v) is 7.35. The fourth-order valence-corrected chi connectivity index (χ4v) is 3.20. The molecule has 0 bridgehead atoms. The number of hydrogen-bond acceptors (Lipinski definition) is 4. The van der Waals surface area contributed by atoms with E-state index in [-0.39, 0.29) is 11.6 Å². The lowest BCUT2D eigenvalue weighted by atomic mass is 10.1. The molecule has 1 heterocycles. The summed E-state index contributed by atoms with van der Waals surface area (Å²) in [7, 11) is 0. The van der Waals surface area contributed by atoms with Crippen LogP contribution in [0.5, 0.6) is 0 Å². The van der Waals surface area contributed by atoms with E-state index in [0.29, 0.717) is 17.9 Å². The molecule has 0 radical (unpaired) electrons. The molecule has 6 heteroatoms. The maximum atomic E-state index is 12.9. The van der Waals surface area contributed by atoms with Crippen LogP contribution in [0, 0.1) is 0 Å². The van der Waals surface area contributed by atoms with Crippen molar-refractivity contribution < 1.29 is 14.0 Å². The van der Waals surface area contributed by atoms with Crippen molar-refractivity contribution >= 4 is 17.9 Å². The van der Waals surface area contributed by atoms with Gasteiger partial charge >= 0.3 is 0 Å². The van der Waals surface area contributed by atoms with Gasteiger partial charge in [0.2, 0.25) is 0 Å². The van der Waals surface area contributed by atoms with Gasteiger partial charge < -0.3 is 15.1 Å². The van der Waals surface area contributed by atoms with Crippen molar-refractivity contribution in [2.45, 2.75) is 26.9 Å². The molecule has 1 aromatic heterocycles. The van der Waals surface area contributed by atoms with E-state index in [1.165, 1.54) is 17.9 Å². The van der Waals surface area contributed by atoms with Crippen molar-refractivity contribution in [3.05, 3.63) is 101 Å². The van der Waals surface area contributed by atoms with E-state index >= 15 is 0 Å². The van der Waals surface area contributed by atoms with Crippen molar-refractivity contribution in [2.75, 3.05) is 13.1 Å². The maximum absolute atomic E-state index is 12.9. The van der Waals surface area contributed by atoms with E-state index in [0.717, 1.165) is 25.2 Å². The third kappa shape index (κ3) is 6.68. The van der Waals surface area contributed by atoms with Crippen molar-refractivity contribution in [3.63, 3.8) is 0 Å². The summed E-state index contributed by atoms with van der Waals surface area (Å²) in [5, 5.41) is 5.57. The third-order valence-corrected chi connectivity index (χ3v) is 5.14. The van der Waals surface area contributed by atoms with Crippen LogP contribution < -0.4 is 10.6 Å². The summed E-state index contributed by atoms with van der Waals surface area (Å²) in [4.78, 5) is 27.8. The Kier molecular flexibility index (Phi) is 8.40. The van der Waals surface area contributed by atoms with Gasteiger partial charge in [-0.1, -0.05) is 56.3 Å². The van der Waals surface area contributed by atoms with Crippen LogP contribution in [0.3, 0.4) is 0 Å². The molecule has 166 valence electrons. The van der Waals surface area contributed by atoms with E-state index in [2.05, 4.69) is 41.5 Å². The minimum absolute atomic E-state index is 0.118. The zero-order valence-corrected chi connectivity index (χ0v) is 18.5. The summed E-state index contributed by atoms with van der Waals surface area (Å²) in [6.07, 6.45) is 3.03. The van der Waals surface area contributed by atoms with Crippen LogP contribution in [0.1, 0.15) is 41.1 Å². The Morgan fingerprint density at radius 1 is 0.906 bits per heavy atom. The fraction of sp³-hybridized carbons (Fsp3) is 0.231. The summed E-state index contributed by atoms with van der Waals surface area (Å²) in [5.41, 5.74) is 2.80. The Bertz CT molecular complexity index is 1020. The molecule has 2 aromatic carbocycles. The number of amides is 2. The molecule has 0 aliphatic carbocycles. The van der Waals surface area contributed by atoms with Crippen molar-refractivity contribution in [1.29, 1.82) is 0 Å². The summed E-state index contributed by atoms with van der Waals surface area (Å²) < 4.78 is 5.32. The predicted octanol–water partition coefficient (Wildman–Crippen LogP) is 4.21. The molecule has 0 saturated carbocycles. The summed E-state index contributed by atoms with van der Waals surface area (Å²) >= 11 is 0. The lowest BCUT2D eigenvalue weighted by Crippen LogP contribution is -2.34. The van der Waals surface area contributed by atoms with Gasteiger partial charge in [-0.05, 0) is 48.5 Å². The van der Waals surface area contributed by atoms with Crippen LogP contribution >= 0.6 is 0 Å². The monoisotopic (exact) mass is 431 g/mol. The molecule has 0 saturated heterocycles. The average Bonchev–Trinajstić information content (AvgIpc) is 3.35. The Hall–Kier alpha value is -3.64. The van der Waals surface area contributed by atoms with Crippen LogP contribution in [0.25, 0.3) is 6.08 Å². The van der Waals surface area contributed by atoms with E-state index in [1.54, 1.807) is 36.4 Å². The van der Waals surface area contributed by atoms with Gasteiger partial charge in [0.25, 0.3) is 11.8 Å². The zero-order valence-electron chi connectivity index (χ0n) is 18.5. The second-order valence-electron chi connectivity index (χ2n) is 7.35. The number of nitrogens with zero attached hydrogens (tertiary/aromatic N) is 1. The van der Waals surface area contributed by atoms with Crippen LogP contribution in [-0.4, -0.2) is 29.8 Å². The van der Waals surface area contributed by atoms with Crippen molar-refractivity contribution in [1.82, 2.24) is 15.5 Å². The molecular formula is C26H29N3O3. The number of carbonyl (C=O) groups excluding carboxylic acids is 2. The first kappa shape index (κ1) is 23.0. The van der Waals surface area contributed by atoms with E-state index in [4.69, 9.17) is 4.42 Å². The number of furan rings is 1. The Morgan fingerprint density at radius 3 is 2.22 bits per heavy atom. The molecule has 0 aliphatic rings. The first-order chi connectivity index (χ1) is 15.6. The molecule has 0 aliphatic heterocycles. The molecule has 0 unspecified atom stereocenters. The smallest absolute Gasteiger partial charge is 0.268 e. The zero-order chi connectivity index (χ0) is 22.8. The topological polar surface area (TPSA) is 74.6 Å². The van der Waals surface area contributed by atoms with Gasteiger partial charge in [-0.15, -0.1) is 0 Å². The van der Waals surface area contributed by atoms with E-state index in [1.807, 2.05) is 18.2 Å². The van der Waals surface area contributed by atoms with Gasteiger partial charge in [0.1, 0.15) is 11.5 Å². The van der Waals surface area contributed by atoms with Crippen molar-refractivity contribution in [2.24, 2.45) is 0 Å². The fourth-order valence-electron chi connectivity index (χ4n) is 3.20. The second kappa shape index (κ2) is 11.7. The molecule has 2 amide bonds. The van der Waals surface area contributed by atoms with E-state index < -0.39 is 5.91 Å². The Labute approximate surface area is 188 Å². The highest BCUT2D eigenvalue weighted by atomic mass is 16.3. The highest BCUT2D eigenvalue weighted by Gasteiger charge is 2.15. The first-order valence-electron chi connectivity index (χ1n) is 10.8.